The van der Waals surface area contributed by atoms with Crippen LogP contribution in [0.1, 0.15) is 48.2 Å². The Morgan fingerprint density at radius 2 is 1.47 bits per heavy atom. The third-order valence-electron chi connectivity index (χ3n) is 6.86. The highest BCUT2D eigenvalue weighted by Crippen LogP contribution is 2.38. The highest BCUT2D eigenvalue weighted by molar-refractivity contribution is 5.97. The number of amides is 2. The van der Waals surface area contributed by atoms with Crippen LogP contribution in [0.25, 0.3) is 0 Å². The number of benzene rings is 4. The number of esters is 2. The van der Waals surface area contributed by atoms with Crippen molar-refractivity contribution >= 4 is 41.0 Å². The van der Waals surface area contributed by atoms with E-state index in [-0.39, 0.29) is 29.4 Å². The van der Waals surface area contributed by atoms with Crippen LogP contribution in [-0.2, 0) is 30.5 Å². The van der Waals surface area contributed by atoms with Gasteiger partial charge in [-0.15, -0.1) is 0 Å². The van der Waals surface area contributed by atoms with Gasteiger partial charge in [-0.3, -0.25) is 19.8 Å². The minimum Gasteiger partial charge on any atom is -0.493 e. The summed E-state index contributed by atoms with van der Waals surface area (Å²) in [6, 6.07) is 24.7. The summed E-state index contributed by atoms with van der Waals surface area (Å²) in [6.07, 6.45) is 0. The van der Waals surface area contributed by atoms with Gasteiger partial charge >= 0.3 is 11.9 Å². The zero-order valence-corrected chi connectivity index (χ0v) is 26.0. The molecule has 0 radical (unpaired) electrons. The SMILES string of the molecule is COc1cc([C@@H](Nc2ccc(C(=N)N)cc2)C(=O)NC(C(=O)OC(C)=O)c2ccccc2)c(NC(C)=O)cc1OCc1ccccc1. The smallest absolute Gasteiger partial charge is 0.340 e. The van der Waals surface area contributed by atoms with Gasteiger partial charge in [0.15, 0.2) is 17.5 Å². The zero-order chi connectivity index (χ0) is 33.9. The molecule has 2 amide bonds. The summed E-state index contributed by atoms with van der Waals surface area (Å²) >= 11 is 0. The van der Waals surface area contributed by atoms with E-state index in [0.29, 0.717) is 22.6 Å². The number of methoxy groups -OCH3 is 1. The van der Waals surface area contributed by atoms with Crippen LogP contribution in [-0.4, -0.2) is 36.7 Å². The van der Waals surface area contributed by atoms with Crippen molar-refractivity contribution in [3.63, 3.8) is 0 Å². The second kappa shape index (κ2) is 15.7. The third-order valence-corrected chi connectivity index (χ3v) is 6.86. The van der Waals surface area contributed by atoms with Crippen LogP contribution >= 0.6 is 0 Å². The first kappa shape index (κ1) is 33.7. The summed E-state index contributed by atoms with van der Waals surface area (Å²) < 4.78 is 16.6. The molecule has 0 saturated carbocycles. The molecule has 0 aliphatic heterocycles. The highest BCUT2D eigenvalue weighted by atomic mass is 16.6. The molecular weight excluding hydrogens is 602 g/mol. The Bertz CT molecular complexity index is 1750. The lowest BCUT2D eigenvalue weighted by molar-refractivity contribution is -0.160. The molecule has 0 aliphatic rings. The van der Waals surface area contributed by atoms with Gasteiger partial charge in [0.25, 0.3) is 0 Å². The van der Waals surface area contributed by atoms with Crippen LogP contribution in [0.2, 0.25) is 0 Å². The van der Waals surface area contributed by atoms with Crippen molar-refractivity contribution in [1.29, 1.82) is 5.41 Å². The van der Waals surface area contributed by atoms with E-state index in [0.717, 1.165) is 12.5 Å². The molecule has 47 heavy (non-hydrogen) atoms. The molecule has 0 aliphatic carbocycles. The van der Waals surface area contributed by atoms with E-state index in [1.54, 1.807) is 66.7 Å². The Balaban J connectivity index is 1.80. The second-order valence-electron chi connectivity index (χ2n) is 10.4. The number of nitrogens with two attached hydrogens (primary N) is 1. The maximum absolute atomic E-state index is 14.2. The summed E-state index contributed by atoms with van der Waals surface area (Å²) in [5, 5.41) is 16.3. The average Bonchev–Trinajstić information content (AvgIpc) is 3.05. The molecule has 6 N–H and O–H groups in total. The van der Waals surface area contributed by atoms with Gasteiger partial charge in [0.1, 0.15) is 18.5 Å². The van der Waals surface area contributed by atoms with Crippen molar-refractivity contribution in [2.24, 2.45) is 5.73 Å². The van der Waals surface area contributed by atoms with E-state index in [1.807, 2.05) is 30.3 Å². The average molecular weight is 638 g/mol. The van der Waals surface area contributed by atoms with Crippen molar-refractivity contribution in [1.82, 2.24) is 5.32 Å². The van der Waals surface area contributed by atoms with Gasteiger partial charge in [-0.05, 0) is 41.5 Å². The fraction of sp³-hybridized carbons (Fsp3) is 0.171. The second-order valence-corrected chi connectivity index (χ2v) is 10.4. The number of nitrogen functional groups attached to an aromatic ring is 1. The van der Waals surface area contributed by atoms with Gasteiger partial charge in [0.2, 0.25) is 11.8 Å². The number of rotatable bonds is 13. The van der Waals surface area contributed by atoms with Gasteiger partial charge in [0.05, 0.1) is 12.8 Å². The van der Waals surface area contributed by atoms with Crippen molar-refractivity contribution in [2.45, 2.75) is 32.5 Å². The van der Waals surface area contributed by atoms with Gasteiger partial charge in [-0.25, -0.2) is 4.79 Å². The van der Waals surface area contributed by atoms with E-state index in [9.17, 15) is 19.2 Å². The molecule has 1 unspecified atom stereocenters. The van der Waals surface area contributed by atoms with Gasteiger partial charge < -0.3 is 35.9 Å². The Morgan fingerprint density at radius 3 is 2.04 bits per heavy atom. The molecule has 4 rings (SSSR count). The number of ether oxygens (including phenoxy) is 3. The minimum absolute atomic E-state index is 0.135. The number of hydrogen-bond donors (Lipinski definition) is 5. The Hall–Kier alpha value is -6.17. The standard InChI is InChI=1S/C35H35N5O7/c1-21(41)38-28-19-30(46-20-23-10-6-4-7-11-23)29(45-3)18-27(28)32(39-26-16-14-25(15-17-26)33(36)37)34(43)40-31(35(44)47-22(2)42)24-12-8-5-9-13-24/h4-19,31-32,39H,20H2,1-3H3,(H3,36,37)(H,38,41)(H,40,43)/t31?,32-/m1/s1. The van der Waals surface area contributed by atoms with Crippen LogP contribution in [0.3, 0.4) is 0 Å². The molecule has 12 nitrogen and oxygen atoms in total. The molecule has 0 aromatic heterocycles. The van der Waals surface area contributed by atoms with Crippen LogP contribution in [0.4, 0.5) is 11.4 Å². The number of anilines is 2. The number of hydrogen-bond acceptors (Lipinski definition) is 9. The number of nitrogens with one attached hydrogen (secondary N) is 4. The van der Waals surface area contributed by atoms with Crippen molar-refractivity contribution < 1.29 is 33.4 Å². The maximum atomic E-state index is 14.2. The molecule has 0 bridgehead atoms. The first-order valence-electron chi connectivity index (χ1n) is 14.5. The maximum Gasteiger partial charge on any atom is 0.340 e. The molecule has 4 aromatic rings. The first-order chi connectivity index (χ1) is 22.5. The summed E-state index contributed by atoms with van der Waals surface area (Å²) in [6.45, 7) is 2.62. The lowest BCUT2D eigenvalue weighted by atomic mass is 10.00. The normalized spacial score (nSPS) is 11.7. The molecule has 0 saturated heterocycles. The fourth-order valence-corrected chi connectivity index (χ4v) is 4.67. The van der Waals surface area contributed by atoms with E-state index in [4.69, 9.17) is 25.4 Å². The Kier molecular flexibility index (Phi) is 11.3. The van der Waals surface area contributed by atoms with Crippen LogP contribution in [0.5, 0.6) is 11.5 Å². The van der Waals surface area contributed by atoms with Crippen LogP contribution in [0, 0.1) is 5.41 Å². The van der Waals surface area contributed by atoms with E-state index in [1.165, 1.54) is 14.0 Å². The van der Waals surface area contributed by atoms with E-state index >= 15 is 0 Å². The van der Waals surface area contributed by atoms with Crippen LogP contribution < -0.4 is 31.2 Å². The van der Waals surface area contributed by atoms with Crippen molar-refractivity contribution in [3.05, 3.63) is 119 Å². The Morgan fingerprint density at radius 1 is 0.830 bits per heavy atom. The summed E-state index contributed by atoms with van der Waals surface area (Å²) in [5.74, 6) is -2.50. The molecule has 242 valence electrons. The van der Waals surface area contributed by atoms with Crippen molar-refractivity contribution in [3.8, 4) is 11.5 Å². The molecule has 4 aromatic carbocycles. The molecule has 0 fully saturated rings. The molecule has 2 atom stereocenters. The fourth-order valence-electron chi connectivity index (χ4n) is 4.67. The number of carbonyl (C=O) groups excluding carboxylic acids is 4. The van der Waals surface area contributed by atoms with Gasteiger partial charge in [-0.2, -0.15) is 0 Å². The van der Waals surface area contributed by atoms with Crippen LogP contribution in [0.15, 0.2) is 97.1 Å². The summed E-state index contributed by atoms with van der Waals surface area (Å²) in [7, 11) is 1.44. The van der Waals surface area contributed by atoms with Crippen molar-refractivity contribution in [2.75, 3.05) is 17.7 Å². The topological polar surface area (TPSA) is 182 Å². The van der Waals surface area contributed by atoms with E-state index in [2.05, 4.69) is 16.0 Å². The minimum atomic E-state index is -1.35. The van der Waals surface area contributed by atoms with Gasteiger partial charge in [0, 0.05) is 36.7 Å². The predicted molar refractivity (Wildman–Crippen MR) is 176 cm³/mol. The molecular formula is C35H35N5O7. The third kappa shape index (κ3) is 9.17. The quantitative estimate of drug-likeness (QED) is 0.0605. The zero-order valence-electron chi connectivity index (χ0n) is 26.0. The largest absolute Gasteiger partial charge is 0.493 e. The van der Waals surface area contributed by atoms with Gasteiger partial charge in [-0.1, -0.05) is 60.7 Å². The Labute approximate surface area is 271 Å². The molecule has 0 spiro atoms. The lowest BCUT2D eigenvalue weighted by Gasteiger charge is -2.26. The lowest BCUT2D eigenvalue weighted by Crippen LogP contribution is -2.40. The number of carbonyl (C=O) groups is 4. The monoisotopic (exact) mass is 637 g/mol. The summed E-state index contributed by atoms with van der Waals surface area (Å²) in [5.41, 5.74) is 8.31. The number of amidine groups is 1. The van der Waals surface area contributed by atoms with E-state index < -0.39 is 35.8 Å². The highest BCUT2D eigenvalue weighted by Gasteiger charge is 2.32. The predicted octanol–water partition coefficient (Wildman–Crippen LogP) is 4.62. The molecule has 12 heteroatoms. The molecule has 0 heterocycles. The first-order valence-corrected chi connectivity index (χ1v) is 14.5. The summed E-state index contributed by atoms with van der Waals surface area (Å²) in [4.78, 5) is 51.3.